The van der Waals surface area contributed by atoms with Gasteiger partial charge in [-0.05, 0) is 36.8 Å². The van der Waals surface area contributed by atoms with E-state index in [2.05, 4.69) is 36.2 Å². The van der Waals surface area contributed by atoms with Crippen LogP contribution in [0.4, 0.5) is 0 Å². The van der Waals surface area contributed by atoms with E-state index >= 15 is 0 Å². The Kier molecular flexibility index (Phi) is 4.56. The van der Waals surface area contributed by atoms with Crippen LogP contribution < -0.4 is 5.32 Å². The molecule has 1 nitrogen and oxygen atoms in total. The fourth-order valence-corrected chi connectivity index (χ4v) is 1.35. The lowest BCUT2D eigenvalue weighted by molar-refractivity contribution is 0.930. The predicted octanol–water partition coefficient (Wildman–Crippen LogP) is 3.11. The van der Waals surface area contributed by atoms with Gasteiger partial charge in [-0.2, -0.15) is 0 Å². The number of hydrogen-bond donors (Lipinski definition) is 1. The molecule has 0 aliphatic carbocycles. The second kappa shape index (κ2) is 6.03. The summed E-state index contributed by atoms with van der Waals surface area (Å²) in [5.41, 5.74) is 2.61. The van der Waals surface area contributed by atoms with E-state index in [1.807, 2.05) is 25.3 Å². The fraction of sp³-hybridized carbons (Fsp3) is 0.231. The van der Waals surface area contributed by atoms with Gasteiger partial charge in [-0.3, -0.25) is 0 Å². The van der Waals surface area contributed by atoms with Crippen LogP contribution in [0.15, 0.2) is 60.4 Å². The summed E-state index contributed by atoms with van der Waals surface area (Å²) in [7, 11) is 0. The minimum Gasteiger partial charge on any atom is -0.387 e. The van der Waals surface area contributed by atoms with Crippen molar-refractivity contribution in [3.05, 3.63) is 60.4 Å². The SMILES string of the molecule is C=CC/C=C(\C=C/C)C1=CC=CNC1. The first kappa shape index (κ1) is 10.6. The summed E-state index contributed by atoms with van der Waals surface area (Å²) in [6, 6.07) is 0. The Morgan fingerprint density at radius 2 is 2.50 bits per heavy atom. The lowest BCUT2D eigenvalue weighted by Gasteiger charge is -2.11. The highest BCUT2D eigenvalue weighted by atomic mass is 14.8. The minimum absolute atomic E-state index is 0.907. The molecule has 1 aliphatic rings. The Morgan fingerprint density at radius 3 is 3.07 bits per heavy atom. The van der Waals surface area contributed by atoms with Gasteiger partial charge in [-0.25, -0.2) is 0 Å². The maximum atomic E-state index is 3.72. The summed E-state index contributed by atoms with van der Waals surface area (Å²) in [6.07, 6.45) is 15.4. The van der Waals surface area contributed by atoms with Crippen LogP contribution in [0.2, 0.25) is 0 Å². The van der Waals surface area contributed by atoms with E-state index in [0.29, 0.717) is 0 Å². The molecule has 0 saturated carbocycles. The molecule has 0 aromatic rings. The minimum atomic E-state index is 0.907. The Balaban J connectivity index is 2.80. The first-order valence-corrected chi connectivity index (χ1v) is 4.91. The van der Waals surface area contributed by atoms with Gasteiger partial charge in [-0.15, -0.1) is 6.58 Å². The molecular formula is C13H17N. The molecule has 0 aromatic carbocycles. The van der Waals surface area contributed by atoms with E-state index in [9.17, 15) is 0 Å². The maximum Gasteiger partial charge on any atom is 0.0401 e. The molecule has 1 aliphatic heterocycles. The van der Waals surface area contributed by atoms with Crippen molar-refractivity contribution in [1.29, 1.82) is 0 Å². The van der Waals surface area contributed by atoms with Crippen molar-refractivity contribution < 1.29 is 0 Å². The molecule has 0 saturated heterocycles. The molecule has 0 spiro atoms. The number of hydrogen-bond acceptors (Lipinski definition) is 1. The lowest BCUT2D eigenvalue weighted by Crippen LogP contribution is -2.13. The summed E-state index contributed by atoms with van der Waals surface area (Å²) in [6.45, 7) is 6.66. The second-order valence-corrected chi connectivity index (χ2v) is 3.12. The standard InChI is InChI=1S/C13H17N/c1-3-5-8-12(7-4-2)13-9-6-10-14-11-13/h3-4,6-10,14H,1,5,11H2,2H3/b7-4-,12-8+. The quantitative estimate of drug-likeness (QED) is 0.526. The first-order chi connectivity index (χ1) is 6.88. The van der Waals surface area contributed by atoms with Crippen molar-refractivity contribution in [3.63, 3.8) is 0 Å². The first-order valence-electron chi connectivity index (χ1n) is 4.91. The fourth-order valence-electron chi connectivity index (χ4n) is 1.35. The van der Waals surface area contributed by atoms with Crippen molar-refractivity contribution in [2.45, 2.75) is 13.3 Å². The van der Waals surface area contributed by atoms with E-state index in [1.54, 1.807) is 0 Å². The molecule has 0 unspecified atom stereocenters. The third kappa shape index (κ3) is 3.09. The zero-order chi connectivity index (χ0) is 10.2. The van der Waals surface area contributed by atoms with Gasteiger partial charge in [0.15, 0.2) is 0 Å². The van der Waals surface area contributed by atoms with Gasteiger partial charge in [-0.1, -0.05) is 30.4 Å². The number of rotatable bonds is 4. The highest BCUT2D eigenvalue weighted by molar-refractivity contribution is 5.43. The summed E-state index contributed by atoms with van der Waals surface area (Å²) in [4.78, 5) is 0. The van der Waals surface area contributed by atoms with Gasteiger partial charge >= 0.3 is 0 Å². The molecule has 1 heterocycles. The highest BCUT2D eigenvalue weighted by Gasteiger charge is 2.01. The van der Waals surface area contributed by atoms with Crippen molar-refractivity contribution >= 4 is 0 Å². The smallest absolute Gasteiger partial charge is 0.0401 e. The molecule has 1 N–H and O–H groups in total. The molecule has 0 bridgehead atoms. The Hall–Kier alpha value is -1.50. The Labute approximate surface area is 86.2 Å². The van der Waals surface area contributed by atoms with E-state index < -0.39 is 0 Å². The maximum absolute atomic E-state index is 3.72. The van der Waals surface area contributed by atoms with Crippen LogP contribution in [0.25, 0.3) is 0 Å². The Morgan fingerprint density at radius 1 is 1.64 bits per heavy atom. The van der Waals surface area contributed by atoms with Crippen LogP contribution in [-0.4, -0.2) is 6.54 Å². The van der Waals surface area contributed by atoms with Crippen LogP contribution in [0.5, 0.6) is 0 Å². The van der Waals surface area contributed by atoms with Crippen LogP contribution in [0.1, 0.15) is 13.3 Å². The summed E-state index contributed by atoms with van der Waals surface area (Å²) in [5, 5.41) is 3.20. The molecule has 74 valence electrons. The topological polar surface area (TPSA) is 12.0 Å². The highest BCUT2D eigenvalue weighted by Crippen LogP contribution is 2.14. The molecule has 0 amide bonds. The van der Waals surface area contributed by atoms with Crippen molar-refractivity contribution in [3.8, 4) is 0 Å². The van der Waals surface area contributed by atoms with Crippen molar-refractivity contribution in [1.82, 2.24) is 5.32 Å². The van der Waals surface area contributed by atoms with Crippen LogP contribution in [0, 0.1) is 0 Å². The van der Waals surface area contributed by atoms with Gasteiger partial charge in [0, 0.05) is 6.54 Å². The summed E-state index contributed by atoms with van der Waals surface area (Å²) < 4.78 is 0. The third-order valence-electron chi connectivity index (χ3n) is 2.03. The largest absolute Gasteiger partial charge is 0.387 e. The lowest BCUT2D eigenvalue weighted by atomic mass is 10.0. The molecule has 0 radical (unpaired) electrons. The average molecular weight is 187 g/mol. The normalized spacial score (nSPS) is 16.6. The predicted molar refractivity (Wildman–Crippen MR) is 62.9 cm³/mol. The molecule has 1 rings (SSSR count). The van der Waals surface area contributed by atoms with Crippen molar-refractivity contribution in [2.24, 2.45) is 0 Å². The molecule has 0 fully saturated rings. The van der Waals surface area contributed by atoms with E-state index in [4.69, 9.17) is 0 Å². The number of allylic oxidation sites excluding steroid dienone is 6. The van der Waals surface area contributed by atoms with Crippen LogP contribution in [0.3, 0.4) is 0 Å². The van der Waals surface area contributed by atoms with Crippen molar-refractivity contribution in [2.75, 3.05) is 6.54 Å². The van der Waals surface area contributed by atoms with E-state index in [1.165, 1.54) is 11.1 Å². The monoisotopic (exact) mass is 187 g/mol. The zero-order valence-corrected chi connectivity index (χ0v) is 8.66. The van der Waals surface area contributed by atoms with Crippen LogP contribution in [-0.2, 0) is 0 Å². The van der Waals surface area contributed by atoms with Gasteiger partial charge in [0.1, 0.15) is 0 Å². The van der Waals surface area contributed by atoms with Crippen LogP contribution >= 0.6 is 0 Å². The zero-order valence-electron chi connectivity index (χ0n) is 8.66. The summed E-state index contributed by atoms with van der Waals surface area (Å²) >= 11 is 0. The molecule has 0 aromatic heterocycles. The van der Waals surface area contributed by atoms with E-state index in [-0.39, 0.29) is 0 Å². The average Bonchev–Trinajstić information content (AvgIpc) is 2.25. The molecule has 14 heavy (non-hydrogen) atoms. The molecule has 0 atom stereocenters. The van der Waals surface area contributed by atoms with Gasteiger partial charge in [0.2, 0.25) is 0 Å². The Bertz CT molecular complexity index is 303. The molecular weight excluding hydrogens is 170 g/mol. The van der Waals surface area contributed by atoms with Gasteiger partial charge < -0.3 is 5.32 Å². The number of nitrogens with one attached hydrogen (secondary N) is 1. The second-order valence-electron chi connectivity index (χ2n) is 3.12. The van der Waals surface area contributed by atoms with Gasteiger partial charge in [0.05, 0.1) is 0 Å². The van der Waals surface area contributed by atoms with Gasteiger partial charge in [0.25, 0.3) is 0 Å². The van der Waals surface area contributed by atoms with E-state index in [0.717, 1.165) is 13.0 Å². The molecule has 1 heteroatoms. The number of dihydropyridines is 1. The summed E-state index contributed by atoms with van der Waals surface area (Å²) in [5.74, 6) is 0. The third-order valence-corrected chi connectivity index (χ3v) is 2.03.